The minimum absolute atomic E-state index is 0.225. The standard InChI is InChI=1S/C13H28N2O2/c1-4-5-7-10-17-11-8-6-9-13(2,3)12(14)15-16/h16H,4-11H2,1-3H3,(H2,14,15). The molecule has 0 heterocycles. The van der Waals surface area contributed by atoms with Crippen molar-refractivity contribution in [1.29, 1.82) is 0 Å². The van der Waals surface area contributed by atoms with Gasteiger partial charge in [0.1, 0.15) is 5.84 Å². The number of nitrogens with two attached hydrogens (primary N) is 1. The normalized spacial score (nSPS) is 13.0. The zero-order valence-corrected chi connectivity index (χ0v) is 11.5. The third-order valence-electron chi connectivity index (χ3n) is 3.03. The molecular formula is C13H28N2O2. The maximum absolute atomic E-state index is 8.63. The third kappa shape index (κ3) is 8.02. The van der Waals surface area contributed by atoms with E-state index in [9.17, 15) is 0 Å². The molecule has 4 nitrogen and oxygen atoms in total. The Morgan fingerprint density at radius 3 is 2.29 bits per heavy atom. The first-order chi connectivity index (χ1) is 8.04. The Balaban J connectivity index is 3.45. The molecule has 0 atom stereocenters. The van der Waals surface area contributed by atoms with Crippen LogP contribution in [-0.4, -0.2) is 24.3 Å². The summed E-state index contributed by atoms with van der Waals surface area (Å²) in [5, 5.41) is 11.7. The molecule has 0 unspecified atom stereocenters. The van der Waals surface area contributed by atoms with Gasteiger partial charge in [-0.05, 0) is 19.3 Å². The summed E-state index contributed by atoms with van der Waals surface area (Å²) in [6.45, 7) is 7.86. The number of oxime groups is 1. The van der Waals surface area contributed by atoms with Crippen molar-refractivity contribution in [2.45, 2.75) is 59.3 Å². The molecule has 0 rings (SSSR count). The van der Waals surface area contributed by atoms with Crippen LogP contribution in [0.5, 0.6) is 0 Å². The van der Waals surface area contributed by atoms with Gasteiger partial charge >= 0.3 is 0 Å². The van der Waals surface area contributed by atoms with E-state index in [1.54, 1.807) is 0 Å². The van der Waals surface area contributed by atoms with Gasteiger partial charge in [-0.1, -0.05) is 45.2 Å². The molecule has 0 aromatic rings. The summed E-state index contributed by atoms with van der Waals surface area (Å²) in [6.07, 6.45) is 6.63. The van der Waals surface area contributed by atoms with Crippen LogP contribution < -0.4 is 5.73 Å². The van der Waals surface area contributed by atoms with Gasteiger partial charge in [0.15, 0.2) is 0 Å². The molecule has 102 valence electrons. The second-order valence-electron chi connectivity index (χ2n) is 5.15. The Bertz CT molecular complexity index is 215. The second-order valence-corrected chi connectivity index (χ2v) is 5.15. The molecule has 0 spiro atoms. The van der Waals surface area contributed by atoms with Crippen molar-refractivity contribution in [2.75, 3.05) is 13.2 Å². The van der Waals surface area contributed by atoms with Gasteiger partial charge in [0, 0.05) is 18.6 Å². The molecule has 0 saturated heterocycles. The molecule has 0 radical (unpaired) electrons. The Labute approximate surface area is 105 Å². The smallest absolute Gasteiger partial charge is 0.144 e. The van der Waals surface area contributed by atoms with E-state index in [1.807, 2.05) is 13.8 Å². The van der Waals surface area contributed by atoms with Crippen molar-refractivity contribution in [3.8, 4) is 0 Å². The van der Waals surface area contributed by atoms with E-state index in [0.717, 1.165) is 38.9 Å². The number of nitrogens with zero attached hydrogens (tertiary/aromatic N) is 1. The zero-order chi connectivity index (χ0) is 13.1. The van der Waals surface area contributed by atoms with Crippen LogP contribution in [0.4, 0.5) is 0 Å². The van der Waals surface area contributed by atoms with E-state index < -0.39 is 0 Å². The molecule has 0 aliphatic heterocycles. The van der Waals surface area contributed by atoms with E-state index in [1.165, 1.54) is 12.8 Å². The summed E-state index contributed by atoms with van der Waals surface area (Å²) < 4.78 is 5.53. The Hall–Kier alpha value is -0.770. The highest BCUT2D eigenvalue weighted by molar-refractivity contribution is 5.85. The highest BCUT2D eigenvalue weighted by atomic mass is 16.5. The van der Waals surface area contributed by atoms with Gasteiger partial charge in [-0.3, -0.25) is 0 Å². The fourth-order valence-corrected chi connectivity index (χ4v) is 1.59. The molecule has 0 saturated carbocycles. The van der Waals surface area contributed by atoms with Gasteiger partial charge in [-0.25, -0.2) is 0 Å². The van der Waals surface area contributed by atoms with Crippen molar-refractivity contribution in [3.05, 3.63) is 0 Å². The molecule has 0 aromatic carbocycles. The highest BCUT2D eigenvalue weighted by Crippen LogP contribution is 2.23. The fraction of sp³-hybridized carbons (Fsp3) is 0.923. The van der Waals surface area contributed by atoms with E-state index in [-0.39, 0.29) is 5.41 Å². The molecule has 0 fully saturated rings. The van der Waals surface area contributed by atoms with E-state index in [2.05, 4.69) is 12.1 Å². The summed E-state index contributed by atoms with van der Waals surface area (Å²) in [7, 11) is 0. The number of hydrogen-bond donors (Lipinski definition) is 2. The van der Waals surface area contributed by atoms with Crippen LogP contribution >= 0.6 is 0 Å². The van der Waals surface area contributed by atoms with Crippen LogP contribution in [-0.2, 0) is 4.74 Å². The topological polar surface area (TPSA) is 67.8 Å². The van der Waals surface area contributed by atoms with Crippen molar-refractivity contribution >= 4 is 5.84 Å². The van der Waals surface area contributed by atoms with Crippen LogP contribution in [0.3, 0.4) is 0 Å². The van der Waals surface area contributed by atoms with Crippen molar-refractivity contribution in [3.63, 3.8) is 0 Å². The second kappa shape index (κ2) is 9.28. The largest absolute Gasteiger partial charge is 0.409 e. The highest BCUT2D eigenvalue weighted by Gasteiger charge is 2.22. The quantitative estimate of drug-likeness (QED) is 0.204. The molecule has 0 bridgehead atoms. The minimum Gasteiger partial charge on any atom is -0.409 e. The number of amidine groups is 1. The molecule has 17 heavy (non-hydrogen) atoms. The molecular weight excluding hydrogens is 216 g/mol. The maximum Gasteiger partial charge on any atom is 0.144 e. The van der Waals surface area contributed by atoms with Crippen molar-refractivity contribution in [2.24, 2.45) is 16.3 Å². The van der Waals surface area contributed by atoms with Crippen LogP contribution in [0.25, 0.3) is 0 Å². The minimum atomic E-state index is -0.225. The van der Waals surface area contributed by atoms with Crippen LogP contribution in [0.15, 0.2) is 5.16 Å². The lowest BCUT2D eigenvalue weighted by molar-refractivity contribution is 0.124. The van der Waals surface area contributed by atoms with Gasteiger partial charge in [-0.15, -0.1) is 0 Å². The van der Waals surface area contributed by atoms with Gasteiger partial charge in [0.05, 0.1) is 0 Å². The lowest BCUT2D eigenvalue weighted by Gasteiger charge is -2.22. The van der Waals surface area contributed by atoms with Gasteiger partial charge in [0.2, 0.25) is 0 Å². The molecule has 0 aromatic heterocycles. The lowest BCUT2D eigenvalue weighted by Crippen LogP contribution is -2.31. The van der Waals surface area contributed by atoms with Gasteiger partial charge in [-0.2, -0.15) is 0 Å². The summed E-state index contributed by atoms with van der Waals surface area (Å²) in [6, 6.07) is 0. The average molecular weight is 244 g/mol. The number of unbranched alkanes of at least 4 members (excludes halogenated alkanes) is 3. The molecule has 0 aliphatic carbocycles. The first kappa shape index (κ1) is 16.2. The Morgan fingerprint density at radius 2 is 1.76 bits per heavy atom. The average Bonchev–Trinajstić information content (AvgIpc) is 2.31. The van der Waals surface area contributed by atoms with Crippen molar-refractivity contribution < 1.29 is 9.94 Å². The number of rotatable bonds is 10. The third-order valence-corrected chi connectivity index (χ3v) is 3.03. The maximum atomic E-state index is 8.63. The van der Waals surface area contributed by atoms with Crippen LogP contribution in [0, 0.1) is 5.41 Å². The van der Waals surface area contributed by atoms with Gasteiger partial charge < -0.3 is 15.7 Å². The summed E-state index contributed by atoms with van der Waals surface area (Å²) in [4.78, 5) is 0. The zero-order valence-electron chi connectivity index (χ0n) is 11.5. The first-order valence-electron chi connectivity index (χ1n) is 6.60. The predicted molar refractivity (Wildman–Crippen MR) is 71.4 cm³/mol. The Kier molecular flexibility index (Phi) is 8.86. The monoisotopic (exact) mass is 244 g/mol. The van der Waals surface area contributed by atoms with E-state index in [0.29, 0.717) is 5.84 Å². The Morgan fingerprint density at radius 1 is 1.18 bits per heavy atom. The summed E-state index contributed by atoms with van der Waals surface area (Å²) >= 11 is 0. The van der Waals surface area contributed by atoms with Crippen molar-refractivity contribution in [1.82, 2.24) is 0 Å². The first-order valence-corrected chi connectivity index (χ1v) is 6.60. The predicted octanol–water partition coefficient (Wildman–Crippen LogP) is 3.14. The fourth-order valence-electron chi connectivity index (χ4n) is 1.59. The number of ether oxygens (including phenoxy) is 1. The molecule has 0 aliphatic rings. The summed E-state index contributed by atoms with van der Waals surface area (Å²) in [5.74, 6) is 0.307. The van der Waals surface area contributed by atoms with Crippen LogP contribution in [0.1, 0.15) is 59.3 Å². The summed E-state index contributed by atoms with van der Waals surface area (Å²) in [5.41, 5.74) is 5.39. The molecule has 0 amide bonds. The van der Waals surface area contributed by atoms with E-state index in [4.69, 9.17) is 15.7 Å². The van der Waals surface area contributed by atoms with E-state index >= 15 is 0 Å². The lowest BCUT2D eigenvalue weighted by atomic mass is 9.86. The molecule has 4 heteroatoms. The number of hydrogen-bond acceptors (Lipinski definition) is 3. The SMILES string of the molecule is CCCCCOCCCCC(C)(C)C(N)=NO. The van der Waals surface area contributed by atoms with Gasteiger partial charge in [0.25, 0.3) is 0 Å². The molecule has 3 N–H and O–H groups in total. The van der Waals surface area contributed by atoms with Crippen LogP contribution in [0.2, 0.25) is 0 Å².